The third-order valence-corrected chi connectivity index (χ3v) is 10.9. The van der Waals surface area contributed by atoms with Gasteiger partial charge in [-0.1, -0.05) is 103 Å². The zero-order valence-corrected chi connectivity index (χ0v) is 33.4. The number of fused-ring (bicyclic) bond motifs is 1. The monoisotopic (exact) mass is 786 g/mol. The van der Waals surface area contributed by atoms with Gasteiger partial charge in [-0.25, -0.2) is 0 Å². The summed E-state index contributed by atoms with van der Waals surface area (Å²) in [6, 6.07) is 69.1. The molecule has 0 fully saturated rings. The molecule has 1 aliphatic rings. The van der Waals surface area contributed by atoms with Crippen molar-refractivity contribution >= 4 is 62.6 Å². The van der Waals surface area contributed by atoms with Crippen LogP contribution in [0.15, 0.2) is 206 Å². The Kier molecular flexibility index (Phi) is 10.8. The van der Waals surface area contributed by atoms with Gasteiger partial charge in [-0.2, -0.15) is 0 Å². The van der Waals surface area contributed by atoms with Gasteiger partial charge in [0, 0.05) is 51.9 Å². The van der Waals surface area contributed by atoms with Crippen molar-refractivity contribution in [3.63, 3.8) is 0 Å². The number of hydrogen-bond acceptors (Lipinski definition) is 8. The summed E-state index contributed by atoms with van der Waals surface area (Å²) < 4.78 is 0. The summed E-state index contributed by atoms with van der Waals surface area (Å²) in [6.45, 7) is 3.55. The van der Waals surface area contributed by atoms with Crippen LogP contribution in [0.1, 0.15) is 5.56 Å². The Balaban J connectivity index is 0.972. The van der Waals surface area contributed by atoms with E-state index in [1.165, 1.54) is 0 Å². The Morgan fingerprint density at radius 2 is 0.917 bits per heavy atom. The molecule has 0 radical (unpaired) electrons. The number of para-hydroxylation sites is 7. The molecule has 0 saturated heterocycles. The average Bonchev–Trinajstić information content (AvgIpc) is 3.65. The van der Waals surface area contributed by atoms with E-state index >= 15 is 0 Å². The van der Waals surface area contributed by atoms with Crippen LogP contribution in [-0.4, -0.2) is 30.2 Å². The third-order valence-electron chi connectivity index (χ3n) is 10.9. The predicted molar refractivity (Wildman–Crippen MR) is 248 cm³/mol. The third kappa shape index (κ3) is 7.67. The van der Waals surface area contributed by atoms with Gasteiger partial charge in [0.25, 0.3) is 0 Å². The number of aromatic hydroxyl groups is 2. The van der Waals surface area contributed by atoms with Gasteiger partial charge >= 0.3 is 0 Å². The van der Waals surface area contributed by atoms with Crippen molar-refractivity contribution in [1.29, 1.82) is 0 Å². The van der Waals surface area contributed by atoms with E-state index in [0.29, 0.717) is 25.7 Å². The lowest BCUT2D eigenvalue weighted by Crippen LogP contribution is -2.40. The molecule has 60 heavy (non-hydrogen) atoms. The van der Waals surface area contributed by atoms with E-state index in [1.807, 2.05) is 121 Å². The van der Waals surface area contributed by atoms with Crippen molar-refractivity contribution in [2.75, 3.05) is 44.5 Å². The Morgan fingerprint density at radius 1 is 0.450 bits per heavy atom. The fraction of sp³-hybridized carbons (Fsp3) is 0.0769. The van der Waals surface area contributed by atoms with Crippen LogP contribution in [0.4, 0.5) is 62.6 Å². The molecule has 9 rings (SSSR count). The molecular weight excluding hydrogens is 741 g/mol. The Labute approximate surface area is 351 Å². The van der Waals surface area contributed by atoms with Crippen LogP contribution in [0.3, 0.4) is 0 Å². The maximum atomic E-state index is 11.8. The molecule has 8 heteroatoms. The highest BCUT2D eigenvalue weighted by Crippen LogP contribution is 2.46. The molecule has 0 bridgehead atoms. The lowest BCUT2D eigenvalue weighted by Gasteiger charge is -2.31. The van der Waals surface area contributed by atoms with E-state index in [1.54, 1.807) is 0 Å². The van der Waals surface area contributed by atoms with Gasteiger partial charge in [0.05, 0.1) is 42.8 Å². The molecule has 0 atom stereocenters. The first-order valence-electron chi connectivity index (χ1n) is 20.2. The molecular formula is C52H46N6O2. The second-order valence-corrected chi connectivity index (χ2v) is 14.7. The molecule has 3 N–H and O–H groups in total. The predicted octanol–water partition coefficient (Wildman–Crippen LogP) is 12.6. The van der Waals surface area contributed by atoms with Gasteiger partial charge in [0.2, 0.25) is 0 Å². The van der Waals surface area contributed by atoms with E-state index in [4.69, 9.17) is 0 Å². The molecule has 1 aliphatic heterocycles. The molecule has 0 unspecified atom stereocenters. The van der Waals surface area contributed by atoms with Crippen molar-refractivity contribution in [3.05, 3.63) is 212 Å². The topological polar surface area (TPSA) is 68.7 Å². The minimum Gasteiger partial charge on any atom is -0.506 e. The number of anilines is 11. The van der Waals surface area contributed by atoms with Crippen molar-refractivity contribution in [3.8, 4) is 11.5 Å². The molecule has 0 amide bonds. The SMILES string of the molecule is Cc1ccccc1N(CNCN1CN(c2ccc(N(c3ccccc3)c3ccccc3)cc2O)c2ccccc21)c1ccc(N(c2ccccc2)c2ccccc2)cc1O. The van der Waals surface area contributed by atoms with Gasteiger partial charge in [-0.05, 0) is 103 Å². The van der Waals surface area contributed by atoms with Crippen LogP contribution >= 0.6 is 0 Å². The largest absolute Gasteiger partial charge is 0.506 e. The fourth-order valence-corrected chi connectivity index (χ4v) is 8.05. The number of rotatable bonds is 13. The van der Waals surface area contributed by atoms with Crippen LogP contribution in [0.25, 0.3) is 0 Å². The lowest BCUT2D eigenvalue weighted by atomic mass is 10.1. The van der Waals surface area contributed by atoms with Gasteiger partial charge in [0.1, 0.15) is 11.5 Å². The number of nitrogens with zero attached hydrogens (tertiary/aromatic N) is 5. The van der Waals surface area contributed by atoms with Gasteiger partial charge in [0.15, 0.2) is 0 Å². The van der Waals surface area contributed by atoms with Crippen LogP contribution in [0, 0.1) is 6.92 Å². The van der Waals surface area contributed by atoms with E-state index in [0.717, 1.165) is 62.4 Å². The van der Waals surface area contributed by atoms with Crippen LogP contribution in [0.2, 0.25) is 0 Å². The van der Waals surface area contributed by atoms with E-state index in [9.17, 15) is 10.2 Å². The minimum absolute atomic E-state index is 0.170. The first kappa shape index (κ1) is 37.9. The molecule has 0 aliphatic carbocycles. The van der Waals surface area contributed by atoms with E-state index in [2.05, 4.69) is 122 Å². The molecule has 0 saturated carbocycles. The maximum absolute atomic E-state index is 11.8. The first-order valence-corrected chi connectivity index (χ1v) is 20.2. The summed E-state index contributed by atoms with van der Waals surface area (Å²) in [5.41, 5.74) is 11.3. The standard InChI is InChI=1S/C52H46N6O2/c1-39-18-14-15-27-46(39)55(49-32-30-44(34-51(49)59)57(40-19-6-2-7-20-40)41-21-8-3-9-22-41)37-53-36-54-38-56(48-29-17-16-28-47(48)54)50-33-31-45(35-52(50)60)58(42-23-10-4-11-24-42)43-25-12-5-13-26-43/h2-35,53,59-60H,36-38H2,1H3. The zero-order valence-electron chi connectivity index (χ0n) is 33.4. The lowest BCUT2D eigenvalue weighted by molar-refractivity contribution is 0.475. The number of nitrogens with one attached hydrogen (secondary N) is 1. The average molecular weight is 787 g/mol. The molecule has 1 heterocycles. The number of aryl methyl sites for hydroxylation is 1. The molecule has 296 valence electrons. The second-order valence-electron chi connectivity index (χ2n) is 14.7. The Bertz CT molecular complexity index is 2600. The quantitative estimate of drug-likeness (QED) is 0.0999. The number of phenolic OH excluding ortho intramolecular Hbond substituents is 2. The van der Waals surface area contributed by atoms with Gasteiger partial charge < -0.3 is 34.7 Å². The van der Waals surface area contributed by atoms with Crippen molar-refractivity contribution in [2.45, 2.75) is 6.92 Å². The first-order chi connectivity index (χ1) is 29.5. The molecule has 0 aromatic heterocycles. The van der Waals surface area contributed by atoms with Gasteiger partial charge in [-0.15, -0.1) is 0 Å². The summed E-state index contributed by atoms with van der Waals surface area (Å²) in [7, 11) is 0. The normalized spacial score (nSPS) is 11.9. The molecule has 8 aromatic rings. The summed E-state index contributed by atoms with van der Waals surface area (Å²) in [4.78, 5) is 10.8. The summed E-state index contributed by atoms with van der Waals surface area (Å²) in [6.07, 6.45) is 0. The van der Waals surface area contributed by atoms with Crippen LogP contribution in [0.5, 0.6) is 11.5 Å². The zero-order chi connectivity index (χ0) is 40.8. The second kappa shape index (κ2) is 17.0. The summed E-state index contributed by atoms with van der Waals surface area (Å²) in [5, 5.41) is 27.2. The van der Waals surface area contributed by atoms with Crippen LogP contribution in [-0.2, 0) is 0 Å². The van der Waals surface area contributed by atoms with Crippen LogP contribution < -0.4 is 29.8 Å². The Morgan fingerprint density at radius 3 is 1.43 bits per heavy atom. The fourth-order valence-electron chi connectivity index (χ4n) is 8.05. The highest BCUT2D eigenvalue weighted by Gasteiger charge is 2.29. The number of benzene rings is 8. The highest BCUT2D eigenvalue weighted by atomic mass is 16.3. The van der Waals surface area contributed by atoms with Crippen molar-refractivity contribution < 1.29 is 10.2 Å². The summed E-state index contributed by atoms with van der Waals surface area (Å²) in [5.74, 6) is 0.362. The highest BCUT2D eigenvalue weighted by molar-refractivity contribution is 5.87. The van der Waals surface area contributed by atoms with Gasteiger partial charge in [-0.3, -0.25) is 5.32 Å². The van der Waals surface area contributed by atoms with Crippen molar-refractivity contribution in [2.24, 2.45) is 0 Å². The molecule has 8 aromatic carbocycles. The smallest absolute Gasteiger partial charge is 0.141 e. The Hall–Kier alpha value is -7.68. The summed E-state index contributed by atoms with van der Waals surface area (Å²) >= 11 is 0. The number of phenols is 2. The minimum atomic E-state index is 0.170. The molecule has 0 spiro atoms. The molecule has 8 nitrogen and oxygen atoms in total. The number of hydrogen-bond donors (Lipinski definition) is 3. The van der Waals surface area contributed by atoms with E-state index < -0.39 is 0 Å². The van der Waals surface area contributed by atoms with E-state index in [-0.39, 0.29) is 11.5 Å². The van der Waals surface area contributed by atoms with Crippen molar-refractivity contribution in [1.82, 2.24) is 5.32 Å². The maximum Gasteiger partial charge on any atom is 0.141 e.